The third-order valence-electron chi connectivity index (χ3n) is 4.79. The lowest BCUT2D eigenvalue weighted by Gasteiger charge is -2.29. The first-order valence-electron chi connectivity index (χ1n) is 10.3. The normalized spacial score (nSPS) is 12.0. The van der Waals surface area contributed by atoms with Crippen LogP contribution in [0.2, 0.25) is 5.02 Å². The molecule has 1 atom stereocenters. The zero-order valence-corrected chi connectivity index (χ0v) is 18.5. The molecule has 0 aromatic heterocycles. The monoisotopic (exact) mass is 433 g/mol. The molecule has 1 unspecified atom stereocenters. The molecule has 7 heteroatoms. The third-order valence-corrected chi connectivity index (χ3v) is 5.05. The van der Waals surface area contributed by atoms with E-state index >= 15 is 0 Å². The van der Waals surface area contributed by atoms with Gasteiger partial charge in [-0.05, 0) is 43.2 Å². The van der Waals surface area contributed by atoms with Crippen LogP contribution >= 0.6 is 11.6 Å². The van der Waals surface area contributed by atoms with Gasteiger partial charge in [-0.15, -0.1) is 0 Å². The lowest BCUT2D eigenvalue weighted by Crippen LogP contribution is -2.35. The van der Waals surface area contributed by atoms with E-state index in [0.717, 1.165) is 30.2 Å². The summed E-state index contributed by atoms with van der Waals surface area (Å²) in [6.45, 7) is 6.20. The molecule has 0 aliphatic rings. The van der Waals surface area contributed by atoms with Crippen molar-refractivity contribution in [3.63, 3.8) is 0 Å². The summed E-state index contributed by atoms with van der Waals surface area (Å²) < 4.78 is 10.7. The van der Waals surface area contributed by atoms with Gasteiger partial charge in [-0.1, -0.05) is 41.9 Å². The number of nitrogens with zero attached hydrogens (tertiary/aromatic N) is 1. The molecule has 30 heavy (non-hydrogen) atoms. The molecule has 2 rings (SSSR count). The number of amides is 2. The Morgan fingerprint density at radius 3 is 2.47 bits per heavy atom. The fourth-order valence-corrected chi connectivity index (χ4v) is 3.18. The number of nitrogens with one attached hydrogen (secondary N) is 2. The first kappa shape index (κ1) is 24.2. The molecule has 0 spiro atoms. The van der Waals surface area contributed by atoms with Crippen LogP contribution in [0.4, 0.5) is 10.5 Å². The molecule has 0 fully saturated rings. The van der Waals surface area contributed by atoms with Gasteiger partial charge in [0.2, 0.25) is 0 Å². The van der Waals surface area contributed by atoms with E-state index in [0.29, 0.717) is 26.4 Å². The average molecular weight is 434 g/mol. The predicted octanol–water partition coefficient (Wildman–Crippen LogP) is 4.58. The molecule has 2 N–H and O–H groups in total. The topological polar surface area (TPSA) is 62.8 Å². The van der Waals surface area contributed by atoms with Gasteiger partial charge >= 0.3 is 6.03 Å². The van der Waals surface area contributed by atoms with E-state index in [9.17, 15) is 4.79 Å². The number of carbonyl (C=O) groups excluding carboxylic acids is 1. The van der Waals surface area contributed by atoms with Gasteiger partial charge in [0.15, 0.2) is 0 Å². The number of methoxy groups -OCH3 is 1. The second-order valence-electron chi connectivity index (χ2n) is 6.97. The van der Waals surface area contributed by atoms with Crippen LogP contribution in [0.5, 0.6) is 0 Å². The summed E-state index contributed by atoms with van der Waals surface area (Å²) in [5.74, 6) is 0. The van der Waals surface area contributed by atoms with E-state index in [1.807, 2.05) is 42.5 Å². The summed E-state index contributed by atoms with van der Waals surface area (Å²) in [7, 11) is 1.67. The maximum atomic E-state index is 12.0. The Morgan fingerprint density at radius 2 is 1.77 bits per heavy atom. The summed E-state index contributed by atoms with van der Waals surface area (Å²) in [5, 5.41) is 6.48. The minimum atomic E-state index is -0.193. The molecule has 0 heterocycles. The number of hydrogen-bond donors (Lipinski definition) is 2. The molecule has 6 nitrogen and oxygen atoms in total. The van der Waals surface area contributed by atoms with Crippen LogP contribution in [0.25, 0.3) is 0 Å². The van der Waals surface area contributed by atoms with E-state index < -0.39 is 0 Å². The number of anilines is 1. The number of halogens is 1. The van der Waals surface area contributed by atoms with Crippen molar-refractivity contribution in [2.75, 3.05) is 51.9 Å². The van der Waals surface area contributed by atoms with Crippen LogP contribution in [0.3, 0.4) is 0 Å². The summed E-state index contributed by atoms with van der Waals surface area (Å²) >= 11 is 6.03. The summed E-state index contributed by atoms with van der Waals surface area (Å²) in [6, 6.07) is 17.4. The Bertz CT molecular complexity index is 728. The van der Waals surface area contributed by atoms with Crippen molar-refractivity contribution in [1.82, 2.24) is 10.2 Å². The zero-order chi connectivity index (χ0) is 21.6. The highest BCUT2D eigenvalue weighted by Gasteiger charge is 2.15. The van der Waals surface area contributed by atoms with Crippen molar-refractivity contribution in [1.29, 1.82) is 0 Å². The van der Waals surface area contributed by atoms with Gasteiger partial charge in [0, 0.05) is 43.5 Å². The van der Waals surface area contributed by atoms with Gasteiger partial charge in [0.05, 0.1) is 19.8 Å². The molecule has 0 saturated carbocycles. The first-order chi connectivity index (χ1) is 14.6. The van der Waals surface area contributed by atoms with Crippen LogP contribution in [-0.4, -0.2) is 57.5 Å². The van der Waals surface area contributed by atoms with E-state index in [-0.39, 0.29) is 12.1 Å². The van der Waals surface area contributed by atoms with Crippen molar-refractivity contribution >= 4 is 23.3 Å². The minimum Gasteiger partial charge on any atom is -0.382 e. The average Bonchev–Trinajstić information content (AvgIpc) is 2.76. The molecule has 2 aromatic rings. The number of urea groups is 1. The Balaban J connectivity index is 1.80. The quantitative estimate of drug-likeness (QED) is 0.454. The molecule has 0 bridgehead atoms. The van der Waals surface area contributed by atoms with Crippen LogP contribution in [0.1, 0.15) is 24.9 Å². The molecule has 0 aliphatic heterocycles. The Labute approximate surface area is 184 Å². The SMILES string of the molecule is COCCOCCN(CCCNC(=O)Nc1ccccc1)C(C)c1ccc(Cl)cc1. The van der Waals surface area contributed by atoms with Crippen molar-refractivity contribution in [3.8, 4) is 0 Å². The second kappa shape index (κ2) is 14.0. The number of hydrogen-bond acceptors (Lipinski definition) is 4. The lowest BCUT2D eigenvalue weighted by atomic mass is 10.1. The summed E-state index contributed by atoms with van der Waals surface area (Å²) in [6.07, 6.45) is 0.832. The second-order valence-corrected chi connectivity index (χ2v) is 7.41. The van der Waals surface area contributed by atoms with Crippen molar-refractivity contribution in [2.24, 2.45) is 0 Å². The molecule has 2 amide bonds. The van der Waals surface area contributed by atoms with E-state index in [1.165, 1.54) is 5.56 Å². The van der Waals surface area contributed by atoms with Crippen LogP contribution < -0.4 is 10.6 Å². The van der Waals surface area contributed by atoms with Gasteiger partial charge in [-0.2, -0.15) is 0 Å². The first-order valence-corrected chi connectivity index (χ1v) is 10.6. The number of ether oxygens (including phenoxy) is 2. The smallest absolute Gasteiger partial charge is 0.319 e. The van der Waals surface area contributed by atoms with Crippen LogP contribution in [-0.2, 0) is 9.47 Å². The van der Waals surface area contributed by atoms with Gasteiger partial charge < -0.3 is 20.1 Å². The molecular weight excluding hydrogens is 402 g/mol. The number of rotatable bonds is 13. The van der Waals surface area contributed by atoms with Gasteiger partial charge in [0.1, 0.15) is 0 Å². The summed E-state index contributed by atoms with van der Waals surface area (Å²) in [4.78, 5) is 14.4. The predicted molar refractivity (Wildman–Crippen MR) is 122 cm³/mol. The van der Waals surface area contributed by atoms with E-state index in [4.69, 9.17) is 21.1 Å². The Kier molecular flexibility index (Phi) is 11.3. The lowest BCUT2D eigenvalue weighted by molar-refractivity contribution is 0.0504. The van der Waals surface area contributed by atoms with Gasteiger partial charge in [-0.25, -0.2) is 4.79 Å². The minimum absolute atomic E-state index is 0.193. The van der Waals surface area contributed by atoms with Crippen molar-refractivity contribution in [2.45, 2.75) is 19.4 Å². The van der Waals surface area contributed by atoms with Crippen LogP contribution in [0, 0.1) is 0 Å². The number of carbonyl (C=O) groups is 1. The van der Waals surface area contributed by atoms with Crippen LogP contribution in [0.15, 0.2) is 54.6 Å². The molecular formula is C23H32ClN3O3. The largest absolute Gasteiger partial charge is 0.382 e. The maximum absolute atomic E-state index is 12.0. The van der Waals surface area contributed by atoms with Crippen molar-refractivity contribution < 1.29 is 14.3 Å². The molecule has 164 valence electrons. The number of para-hydroxylation sites is 1. The maximum Gasteiger partial charge on any atom is 0.319 e. The molecule has 2 aromatic carbocycles. The van der Waals surface area contributed by atoms with Gasteiger partial charge in [-0.3, -0.25) is 4.90 Å². The fourth-order valence-electron chi connectivity index (χ4n) is 3.06. The van der Waals surface area contributed by atoms with E-state index in [2.05, 4.69) is 34.6 Å². The third kappa shape index (κ3) is 9.13. The molecule has 0 radical (unpaired) electrons. The Morgan fingerprint density at radius 1 is 1.03 bits per heavy atom. The standard InChI is InChI=1S/C23H32ClN3O3/c1-19(20-9-11-21(24)12-10-20)27(15-16-30-18-17-29-2)14-6-13-25-23(28)26-22-7-4-3-5-8-22/h3-5,7-12,19H,6,13-18H2,1-2H3,(H2,25,26,28). The number of benzene rings is 2. The fraction of sp³-hybridized carbons (Fsp3) is 0.435. The molecule has 0 saturated heterocycles. The molecule has 0 aliphatic carbocycles. The van der Waals surface area contributed by atoms with Crippen molar-refractivity contribution in [3.05, 3.63) is 65.2 Å². The van der Waals surface area contributed by atoms with Gasteiger partial charge in [0.25, 0.3) is 0 Å². The van der Waals surface area contributed by atoms with E-state index in [1.54, 1.807) is 7.11 Å². The highest BCUT2D eigenvalue weighted by molar-refractivity contribution is 6.30. The highest BCUT2D eigenvalue weighted by atomic mass is 35.5. The summed E-state index contributed by atoms with van der Waals surface area (Å²) in [5.41, 5.74) is 1.98. The highest BCUT2D eigenvalue weighted by Crippen LogP contribution is 2.22. The Hall–Kier alpha value is -2.12. The zero-order valence-electron chi connectivity index (χ0n) is 17.8.